The zero-order chi connectivity index (χ0) is 10.8. The quantitative estimate of drug-likeness (QED) is 0.366. The first kappa shape index (κ1) is 12.9. The van der Waals surface area contributed by atoms with E-state index in [9.17, 15) is 4.79 Å². The average molecular weight is 196 g/mol. The number of carbonyl (C=O) groups is 1. The summed E-state index contributed by atoms with van der Waals surface area (Å²) >= 11 is 0. The fourth-order valence-electron chi connectivity index (χ4n) is 1.26. The van der Waals surface area contributed by atoms with Gasteiger partial charge in [-0.05, 0) is 19.3 Å². The summed E-state index contributed by atoms with van der Waals surface area (Å²) in [7, 11) is 0. The number of allylic oxidation sites excluding steroid dienone is 2. The van der Waals surface area contributed by atoms with Crippen LogP contribution in [0.4, 0.5) is 0 Å². The van der Waals surface area contributed by atoms with Crippen LogP contribution in [0, 0.1) is 0 Å². The van der Waals surface area contributed by atoms with Gasteiger partial charge in [-0.1, -0.05) is 38.3 Å². The zero-order valence-electron chi connectivity index (χ0n) is 8.96. The molecule has 0 aliphatic rings. The molecule has 0 rings (SSSR count). The number of carboxylic acid groups (broad SMARTS) is 1. The summed E-state index contributed by atoms with van der Waals surface area (Å²) in [6.45, 7) is 5.71. The van der Waals surface area contributed by atoms with E-state index in [1.807, 2.05) is 0 Å². The Morgan fingerprint density at radius 2 is 2.07 bits per heavy atom. The molecule has 0 radical (unpaired) electrons. The Hall–Kier alpha value is -1.05. The molecule has 0 fully saturated rings. The maximum Gasteiger partial charge on any atom is 0.331 e. The van der Waals surface area contributed by atoms with E-state index in [0.717, 1.165) is 12.8 Å². The molecule has 0 atom stereocenters. The molecular formula is C12H20O2. The smallest absolute Gasteiger partial charge is 0.331 e. The van der Waals surface area contributed by atoms with Crippen molar-refractivity contribution in [3.8, 4) is 0 Å². The molecule has 80 valence electrons. The first-order valence-corrected chi connectivity index (χ1v) is 5.25. The van der Waals surface area contributed by atoms with Crippen LogP contribution in [-0.2, 0) is 4.79 Å². The maximum atomic E-state index is 10.8. The van der Waals surface area contributed by atoms with Crippen molar-refractivity contribution in [2.75, 3.05) is 0 Å². The van der Waals surface area contributed by atoms with Gasteiger partial charge in [0.05, 0.1) is 0 Å². The van der Waals surface area contributed by atoms with Crippen molar-refractivity contribution < 1.29 is 9.90 Å². The fourth-order valence-corrected chi connectivity index (χ4v) is 1.26. The van der Waals surface area contributed by atoms with Crippen molar-refractivity contribution >= 4 is 5.97 Å². The average Bonchev–Trinajstić information content (AvgIpc) is 2.16. The van der Waals surface area contributed by atoms with E-state index in [1.165, 1.54) is 12.8 Å². The first-order valence-electron chi connectivity index (χ1n) is 5.25. The second kappa shape index (κ2) is 8.54. The molecule has 14 heavy (non-hydrogen) atoms. The van der Waals surface area contributed by atoms with Gasteiger partial charge in [0.1, 0.15) is 0 Å². The summed E-state index contributed by atoms with van der Waals surface area (Å²) < 4.78 is 0. The SMILES string of the molecule is C=CC/C=C(/CCCCCC)C(=O)O. The molecule has 2 nitrogen and oxygen atoms in total. The van der Waals surface area contributed by atoms with Gasteiger partial charge in [-0.25, -0.2) is 4.79 Å². The Balaban J connectivity index is 3.85. The maximum absolute atomic E-state index is 10.8. The van der Waals surface area contributed by atoms with Gasteiger partial charge in [0.15, 0.2) is 0 Å². The van der Waals surface area contributed by atoms with Crippen LogP contribution in [0.3, 0.4) is 0 Å². The van der Waals surface area contributed by atoms with Crippen molar-refractivity contribution in [2.45, 2.75) is 45.4 Å². The fraction of sp³-hybridized carbons (Fsp3) is 0.583. The van der Waals surface area contributed by atoms with Crippen LogP contribution < -0.4 is 0 Å². The molecule has 2 heteroatoms. The molecule has 0 bridgehead atoms. The van der Waals surface area contributed by atoms with E-state index in [4.69, 9.17) is 5.11 Å². The largest absolute Gasteiger partial charge is 0.478 e. The van der Waals surface area contributed by atoms with Gasteiger partial charge in [0.2, 0.25) is 0 Å². The molecule has 0 aromatic heterocycles. The normalized spacial score (nSPS) is 11.4. The lowest BCUT2D eigenvalue weighted by Gasteiger charge is -2.01. The number of rotatable bonds is 8. The molecule has 0 aromatic carbocycles. The molecule has 0 saturated carbocycles. The number of unbranched alkanes of at least 4 members (excludes halogenated alkanes) is 3. The molecule has 0 spiro atoms. The van der Waals surface area contributed by atoms with Crippen LogP contribution in [0.15, 0.2) is 24.3 Å². The monoisotopic (exact) mass is 196 g/mol. The molecule has 0 heterocycles. The van der Waals surface area contributed by atoms with Gasteiger partial charge < -0.3 is 5.11 Å². The number of carboxylic acids is 1. The summed E-state index contributed by atoms with van der Waals surface area (Å²) in [6.07, 6.45) is 9.26. The van der Waals surface area contributed by atoms with Gasteiger partial charge in [-0.15, -0.1) is 6.58 Å². The van der Waals surface area contributed by atoms with Gasteiger partial charge >= 0.3 is 5.97 Å². The van der Waals surface area contributed by atoms with Gasteiger partial charge in [-0.2, -0.15) is 0 Å². The minimum Gasteiger partial charge on any atom is -0.478 e. The summed E-state index contributed by atoms with van der Waals surface area (Å²) in [5.74, 6) is -0.789. The van der Waals surface area contributed by atoms with E-state index in [2.05, 4.69) is 13.5 Å². The number of hydrogen-bond acceptors (Lipinski definition) is 1. The van der Waals surface area contributed by atoms with Gasteiger partial charge in [0.25, 0.3) is 0 Å². The van der Waals surface area contributed by atoms with Crippen LogP contribution in [-0.4, -0.2) is 11.1 Å². The highest BCUT2D eigenvalue weighted by Crippen LogP contribution is 2.11. The van der Waals surface area contributed by atoms with Crippen LogP contribution in [0.5, 0.6) is 0 Å². The first-order chi connectivity index (χ1) is 6.72. The van der Waals surface area contributed by atoms with E-state index in [1.54, 1.807) is 12.2 Å². The highest BCUT2D eigenvalue weighted by Gasteiger charge is 2.05. The van der Waals surface area contributed by atoms with E-state index in [-0.39, 0.29) is 0 Å². The highest BCUT2D eigenvalue weighted by molar-refractivity contribution is 5.86. The van der Waals surface area contributed by atoms with E-state index in [0.29, 0.717) is 18.4 Å². The molecule has 0 saturated heterocycles. The Labute approximate surface area is 86.3 Å². The number of hydrogen-bond donors (Lipinski definition) is 1. The second-order valence-corrected chi connectivity index (χ2v) is 3.37. The van der Waals surface area contributed by atoms with Crippen molar-refractivity contribution in [1.82, 2.24) is 0 Å². The third kappa shape index (κ3) is 6.46. The molecule has 0 unspecified atom stereocenters. The Morgan fingerprint density at radius 1 is 1.36 bits per heavy atom. The van der Waals surface area contributed by atoms with Gasteiger partial charge in [-0.3, -0.25) is 0 Å². The summed E-state index contributed by atoms with van der Waals surface area (Å²) in [4.78, 5) is 10.8. The minimum atomic E-state index is -0.789. The predicted octanol–water partition coefficient (Wildman–Crippen LogP) is 3.54. The van der Waals surface area contributed by atoms with Crippen molar-refractivity contribution in [1.29, 1.82) is 0 Å². The highest BCUT2D eigenvalue weighted by atomic mass is 16.4. The molecule has 1 N–H and O–H groups in total. The summed E-state index contributed by atoms with van der Waals surface area (Å²) in [5.41, 5.74) is 0.529. The van der Waals surface area contributed by atoms with Crippen molar-refractivity contribution in [3.63, 3.8) is 0 Å². The molecule has 0 aromatic rings. The zero-order valence-corrected chi connectivity index (χ0v) is 8.96. The lowest BCUT2D eigenvalue weighted by atomic mass is 10.1. The molecule has 0 amide bonds. The van der Waals surface area contributed by atoms with Crippen LogP contribution in [0.1, 0.15) is 45.4 Å². The Bertz CT molecular complexity index is 204. The van der Waals surface area contributed by atoms with Crippen molar-refractivity contribution in [3.05, 3.63) is 24.3 Å². The lowest BCUT2D eigenvalue weighted by Crippen LogP contribution is -2.00. The molecular weight excluding hydrogens is 176 g/mol. The lowest BCUT2D eigenvalue weighted by molar-refractivity contribution is -0.132. The minimum absolute atomic E-state index is 0.529. The van der Waals surface area contributed by atoms with E-state index >= 15 is 0 Å². The predicted molar refractivity (Wildman–Crippen MR) is 59.3 cm³/mol. The van der Waals surface area contributed by atoms with Crippen LogP contribution >= 0.6 is 0 Å². The van der Waals surface area contributed by atoms with E-state index < -0.39 is 5.97 Å². The molecule has 0 aliphatic heterocycles. The standard InChI is InChI=1S/C12H20O2/c1-3-5-7-8-10-11(12(13)14)9-6-4-2/h4,9H,2-3,5-8,10H2,1H3,(H,13,14)/b11-9-. The summed E-state index contributed by atoms with van der Waals surface area (Å²) in [6, 6.07) is 0. The summed E-state index contributed by atoms with van der Waals surface area (Å²) in [5, 5.41) is 8.85. The van der Waals surface area contributed by atoms with Crippen molar-refractivity contribution in [2.24, 2.45) is 0 Å². The molecule has 0 aliphatic carbocycles. The Kier molecular flexibility index (Phi) is 7.90. The third-order valence-electron chi connectivity index (χ3n) is 2.11. The number of aliphatic carboxylic acids is 1. The van der Waals surface area contributed by atoms with Crippen LogP contribution in [0.25, 0.3) is 0 Å². The Morgan fingerprint density at radius 3 is 2.57 bits per heavy atom. The third-order valence-corrected chi connectivity index (χ3v) is 2.11. The topological polar surface area (TPSA) is 37.3 Å². The van der Waals surface area contributed by atoms with Gasteiger partial charge in [0, 0.05) is 5.57 Å². The van der Waals surface area contributed by atoms with Crippen LogP contribution in [0.2, 0.25) is 0 Å². The second-order valence-electron chi connectivity index (χ2n) is 3.37.